The summed E-state index contributed by atoms with van der Waals surface area (Å²) in [6, 6.07) is 19.6. The number of phenolic OH excluding ortho intramolecular Hbond substituents is 2. The maximum absolute atomic E-state index is 11.2. The number of aryl methyl sites for hydroxylation is 4. The van der Waals surface area contributed by atoms with Crippen molar-refractivity contribution >= 4 is 22.1 Å². The summed E-state index contributed by atoms with van der Waals surface area (Å²) in [6.07, 6.45) is 0.927. The molecular weight excluding hydrogens is 496 g/mol. The van der Waals surface area contributed by atoms with Crippen LogP contribution in [0.1, 0.15) is 33.4 Å². The number of para-hydroxylation sites is 2. The summed E-state index contributed by atoms with van der Waals surface area (Å²) < 4.78 is 0. The fourth-order valence-corrected chi connectivity index (χ4v) is 5.25. The maximum Gasteiger partial charge on any atom is 0.142 e. The van der Waals surface area contributed by atoms with Crippen molar-refractivity contribution in [2.45, 2.75) is 40.5 Å². The number of hydrogen-bond donors (Lipinski definition) is 4. The SMILES string of the molecule is C=C(Cc1cccc(-c2nc3cc(C)c(C)cc3[nH]2)c1O)Cc1cccc(-c2nc3cc(C)c(C)cc3[nH]2)c1O. The molecule has 0 saturated heterocycles. The van der Waals surface area contributed by atoms with Gasteiger partial charge in [0.2, 0.25) is 0 Å². The number of benzene rings is 4. The zero-order chi connectivity index (χ0) is 28.1. The molecule has 2 heterocycles. The van der Waals surface area contributed by atoms with Gasteiger partial charge in [0.1, 0.15) is 23.1 Å². The Morgan fingerprint density at radius 3 is 1.48 bits per heavy atom. The molecule has 6 aromatic rings. The van der Waals surface area contributed by atoms with Crippen LogP contribution in [0.4, 0.5) is 0 Å². The highest BCUT2D eigenvalue weighted by Crippen LogP contribution is 2.36. The molecule has 0 aliphatic carbocycles. The zero-order valence-electron chi connectivity index (χ0n) is 23.2. The van der Waals surface area contributed by atoms with E-state index in [9.17, 15) is 10.2 Å². The second-order valence-corrected chi connectivity index (χ2v) is 10.8. The number of nitrogens with one attached hydrogen (secondary N) is 2. The minimum absolute atomic E-state index is 0.182. The van der Waals surface area contributed by atoms with Crippen molar-refractivity contribution < 1.29 is 10.2 Å². The normalized spacial score (nSPS) is 11.5. The summed E-state index contributed by atoms with van der Waals surface area (Å²) in [5.74, 6) is 1.63. The lowest BCUT2D eigenvalue weighted by molar-refractivity contribution is 0.469. The van der Waals surface area contributed by atoms with Gasteiger partial charge in [0.05, 0.1) is 33.2 Å². The van der Waals surface area contributed by atoms with Gasteiger partial charge in [0, 0.05) is 0 Å². The first-order chi connectivity index (χ1) is 19.2. The standard InChI is InChI=1S/C34H32N4O2/c1-18(12-23-8-6-10-25(31(23)39)33-35-27-14-19(2)20(3)15-28(27)36-33)13-24-9-7-11-26(32(24)40)34-37-29-16-21(4)22(5)17-30(29)38-34/h6-11,14-17,39-40H,1,12-13H2,2-5H3,(H,35,36)(H,37,38). The Morgan fingerprint density at radius 1 is 0.650 bits per heavy atom. The van der Waals surface area contributed by atoms with Crippen molar-refractivity contribution in [3.8, 4) is 34.3 Å². The summed E-state index contributed by atoms with van der Waals surface area (Å²) in [7, 11) is 0. The predicted octanol–water partition coefficient (Wildman–Crippen LogP) is 7.76. The molecule has 0 atom stereocenters. The van der Waals surface area contributed by atoms with Crippen molar-refractivity contribution in [3.05, 3.63) is 106 Å². The van der Waals surface area contributed by atoms with Gasteiger partial charge in [-0.15, -0.1) is 0 Å². The highest BCUT2D eigenvalue weighted by atomic mass is 16.3. The van der Waals surface area contributed by atoms with Crippen LogP contribution in [0.25, 0.3) is 44.8 Å². The molecule has 6 rings (SSSR count). The van der Waals surface area contributed by atoms with Gasteiger partial charge in [0.25, 0.3) is 0 Å². The first-order valence-corrected chi connectivity index (χ1v) is 13.4. The average molecular weight is 529 g/mol. The summed E-state index contributed by atoms with van der Waals surface area (Å²) in [4.78, 5) is 16.2. The molecule has 0 amide bonds. The number of nitrogens with zero attached hydrogens (tertiary/aromatic N) is 2. The van der Waals surface area contributed by atoms with Crippen molar-refractivity contribution in [1.29, 1.82) is 0 Å². The number of allylic oxidation sites excluding steroid dienone is 1. The number of hydrogen-bond acceptors (Lipinski definition) is 4. The molecule has 0 aliphatic rings. The third-order valence-corrected chi connectivity index (χ3v) is 7.83. The molecule has 0 radical (unpaired) electrons. The van der Waals surface area contributed by atoms with Crippen molar-refractivity contribution in [2.24, 2.45) is 0 Å². The molecule has 0 aliphatic heterocycles. The fourth-order valence-electron chi connectivity index (χ4n) is 5.25. The average Bonchev–Trinajstić information content (AvgIpc) is 3.50. The lowest BCUT2D eigenvalue weighted by Crippen LogP contribution is -1.97. The van der Waals surface area contributed by atoms with E-state index < -0.39 is 0 Å². The summed E-state index contributed by atoms with van der Waals surface area (Å²) in [5, 5.41) is 22.4. The number of aromatic hydroxyl groups is 2. The molecule has 0 spiro atoms. The number of aromatic amines is 2. The molecule has 2 aromatic heterocycles. The Hall–Kier alpha value is -4.84. The topological polar surface area (TPSA) is 97.8 Å². The number of fused-ring (bicyclic) bond motifs is 2. The number of H-pyrrole nitrogens is 2. The van der Waals surface area contributed by atoms with Gasteiger partial charge in [-0.05, 0) is 110 Å². The van der Waals surface area contributed by atoms with Crippen LogP contribution in [-0.2, 0) is 12.8 Å². The van der Waals surface area contributed by atoms with E-state index in [2.05, 4.69) is 68.5 Å². The van der Waals surface area contributed by atoms with Crippen LogP contribution in [0.15, 0.2) is 72.8 Å². The molecule has 0 fully saturated rings. The lowest BCUT2D eigenvalue weighted by atomic mass is 9.96. The largest absolute Gasteiger partial charge is 0.507 e. The number of rotatable bonds is 6. The van der Waals surface area contributed by atoms with Crippen molar-refractivity contribution in [1.82, 2.24) is 19.9 Å². The second-order valence-electron chi connectivity index (χ2n) is 10.8. The third kappa shape index (κ3) is 4.51. The van der Waals surface area contributed by atoms with E-state index in [-0.39, 0.29) is 11.5 Å². The molecule has 0 saturated carbocycles. The Morgan fingerprint density at radius 2 is 1.05 bits per heavy atom. The van der Waals surface area contributed by atoms with Crippen LogP contribution in [-0.4, -0.2) is 30.1 Å². The maximum atomic E-state index is 11.2. The lowest BCUT2D eigenvalue weighted by Gasteiger charge is -2.12. The Labute approximate surface area is 233 Å². The van der Waals surface area contributed by atoms with E-state index >= 15 is 0 Å². The summed E-state index contributed by atoms with van der Waals surface area (Å²) in [6.45, 7) is 12.6. The zero-order valence-corrected chi connectivity index (χ0v) is 23.2. The highest BCUT2D eigenvalue weighted by Gasteiger charge is 2.17. The smallest absolute Gasteiger partial charge is 0.142 e. The number of imidazole rings is 2. The van der Waals surface area contributed by atoms with E-state index in [1.54, 1.807) is 0 Å². The third-order valence-electron chi connectivity index (χ3n) is 7.83. The van der Waals surface area contributed by atoms with Gasteiger partial charge in [-0.3, -0.25) is 0 Å². The molecule has 6 heteroatoms. The predicted molar refractivity (Wildman–Crippen MR) is 162 cm³/mol. The fraction of sp³-hybridized carbons (Fsp3) is 0.176. The molecule has 0 unspecified atom stereocenters. The van der Waals surface area contributed by atoms with E-state index in [1.807, 2.05) is 36.4 Å². The van der Waals surface area contributed by atoms with E-state index in [4.69, 9.17) is 9.97 Å². The van der Waals surface area contributed by atoms with Gasteiger partial charge in [-0.1, -0.05) is 36.4 Å². The van der Waals surface area contributed by atoms with Crippen LogP contribution in [0, 0.1) is 27.7 Å². The van der Waals surface area contributed by atoms with Crippen molar-refractivity contribution in [2.75, 3.05) is 0 Å². The summed E-state index contributed by atoms with van der Waals surface area (Å²) >= 11 is 0. The molecule has 200 valence electrons. The molecule has 4 N–H and O–H groups in total. The van der Waals surface area contributed by atoms with Crippen LogP contribution in [0.5, 0.6) is 11.5 Å². The quantitative estimate of drug-likeness (QED) is 0.166. The van der Waals surface area contributed by atoms with E-state index in [0.29, 0.717) is 35.6 Å². The highest BCUT2D eigenvalue weighted by molar-refractivity contribution is 5.83. The van der Waals surface area contributed by atoms with E-state index in [1.165, 1.54) is 22.3 Å². The first-order valence-electron chi connectivity index (χ1n) is 13.4. The molecule has 0 bridgehead atoms. The minimum atomic E-state index is 0.182. The molecule has 4 aromatic carbocycles. The van der Waals surface area contributed by atoms with Gasteiger partial charge in [0.15, 0.2) is 0 Å². The Balaban J connectivity index is 1.25. The van der Waals surface area contributed by atoms with Crippen LogP contribution >= 0.6 is 0 Å². The molecular formula is C34H32N4O2. The van der Waals surface area contributed by atoms with Gasteiger partial charge in [-0.2, -0.15) is 0 Å². The van der Waals surface area contributed by atoms with E-state index in [0.717, 1.165) is 38.8 Å². The first kappa shape index (κ1) is 25.4. The minimum Gasteiger partial charge on any atom is -0.507 e. The Kier molecular flexibility index (Phi) is 6.18. The van der Waals surface area contributed by atoms with Crippen LogP contribution < -0.4 is 0 Å². The van der Waals surface area contributed by atoms with Crippen molar-refractivity contribution in [3.63, 3.8) is 0 Å². The summed E-state index contributed by atoms with van der Waals surface area (Å²) in [5.41, 5.74) is 12.0. The second kappa shape index (κ2) is 9.72. The number of aromatic nitrogens is 4. The van der Waals surface area contributed by atoms with Crippen LogP contribution in [0.3, 0.4) is 0 Å². The number of phenols is 2. The van der Waals surface area contributed by atoms with Gasteiger partial charge < -0.3 is 20.2 Å². The molecule has 6 nitrogen and oxygen atoms in total. The Bertz CT molecular complexity index is 1730. The van der Waals surface area contributed by atoms with Crippen LogP contribution in [0.2, 0.25) is 0 Å². The van der Waals surface area contributed by atoms with Gasteiger partial charge >= 0.3 is 0 Å². The monoisotopic (exact) mass is 528 g/mol. The van der Waals surface area contributed by atoms with Gasteiger partial charge in [-0.25, -0.2) is 9.97 Å². The molecule has 40 heavy (non-hydrogen) atoms.